The predicted octanol–water partition coefficient (Wildman–Crippen LogP) is 5.38. The molecule has 1 amide bonds. The van der Waals surface area contributed by atoms with Crippen LogP contribution in [-0.4, -0.2) is 40.6 Å². The maximum atomic E-state index is 13.8. The SMILES string of the molecule is COCCCN(C(=O)c1ccc(F)cc1)C(C)c1nc2ccccc2c(=O)n1-c1ccc(C)cc1C. The lowest BCUT2D eigenvalue weighted by atomic mass is 10.1. The Morgan fingerprint density at radius 1 is 1.08 bits per heavy atom. The number of amides is 1. The monoisotopic (exact) mass is 487 g/mol. The molecule has 1 aromatic heterocycles. The van der Waals surface area contributed by atoms with Gasteiger partial charge in [0.1, 0.15) is 11.6 Å². The van der Waals surface area contributed by atoms with E-state index in [1.807, 2.05) is 51.1 Å². The molecule has 36 heavy (non-hydrogen) atoms. The first-order chi connectivity index (χ1) is 17.3. The molecule has 1 atom stereocenters. The summed E-state index contributed by atoms with van der Waals surface area (Å²) in [5, 5.41) is 0.504. The summed E-state index contributed by atoms with van der Waals surface area (Å²) in [4.78, 5) is 34.0. The molecular formula is C29H30FN3O3. The summed E-state index contributed by atoms with van der Waals surface area (Å²) in [6.07, 6.45) is 0.592. The van der Waals surface area contributed by atoms with Crippen LogP contribution in [0.5, 0.6) is 0 Å². The number of rotatable bonds is 8. The smallest absolute Gasteiger partial charge is 0.266 e. The third kappa shape index (κ3) is 5.06. The van der Waals surface area contributed by atoms with Crippen LogP contribution in [0.1, 0.15) is 46.7 Å². The van der Waals surface area contributed by atoms with Crippen LogP contribution in [0.15, 0.2) is 71.5 Å². The standard InChI is InChI=1S/C29H30FN3O3/c1-19-10-15-26(20(2)18-19)33-27(31-25-9-6-5-8-24(25)29(33)35)21(3)32(16-7-17-36-4)28(34)22-11-13-23(30)14-12-22/h5-6,8-15,18,21H,7,16-17H2,1-4H3. The number of aryl methyl sites for hydroxylation is 2. The van der Waals surface area contributed by atoms with Crippen molar-refractivity contribution in [3.63, 3.8) is 0 Å². The number of nitrogens with zero attached hydrogens (tertiary/aromatic N) is 3. The third-order valence-corrected chi connectivity index (χ3v) is 6.34. The molecule has 0 saturated carbocycles. The van der Waals surface area contributed by atoms with E-state index < -0.39 is 11.9 Å². The topological polar surface area (TPSA) is 64.4 Å². The van der Waals surface area contributed by atoms with Gasteiger partial charge in [0.25, 0.3) is 11.5 Å². The summed E-state index contributed by atoms with van der Waals surface area (Å²) in [6.45, 7) is 6.67. The first-order valence-electron chi connectivity index (χ1n) is 12.0. The second-order valence-corrected chi connectivity index (χ2v) is 8.95. The number of para-hydroxylation sites is 1. The fourth-order valence-corrected chi connectivity index (χ4v) is 4.47. The normalized spacial score (nSPS) is 12.0. The van der Waals surface area contributed by atoms with Crippen LogP contribution in [-0.2, 0) is 4.74 Å². The number of hydrogen-bond acceptors (Lipinski definition) is 4. The number of benzene rings is 3. The Kier molecular flexibility index (Phi) is 7.60. The molecule has 0 bridgehead atoms. The predicted molar refractivity (Wildman–Crippen MR) is 139 cm³/mol. The number of halogens is 1. The lowest BCUT2D eigenvalue weighted by Gasteiger charge is -2.31. The van der Waals surface area contributed by atoms with Gasteiger partial charge in [-0.15, -0.1) is 0 Å². The largest absolute Gasteiger partial charge is 0.385 e. The molecule has 0 aliphatic carbocycles. The van der Waals surface area contributed by atoms with Crippen molar-refractivity contribution >= 4 is 16.8 Å². The molecule has 186 valence electrons. The molecule has 4 rings (SSSR count). The van der Waals surface area contributed by atoms with Crippen LogP contribution in [0, 0.1) is 19.7 Å². The Balaban J connectivity index is 1.90. The van der Waals surface area contributed by atoms with Gasteiger partial charge in [-0.3, -0.25) is 14.2 Å². The zero-order chi connectivity index (χ0) is 25.8. The molecule has 0 radical (unpaired) electrons. The van der Waals surface area contributed by atoms with E-state index >= 15 is 0 Å². The van der Waals surface area contributed by atoms with E-state index in [0.717, 1.165) is 16.8 Å². The van der Waals surface area contributed by atoms with Gasteiger partial charge < -0.3 is 9.64 Å². The number of carbonyl (C=O) groups is 1. The fourth-order valence-electron chi connectivity index (χ4n) is 4.47. The van der Waals surface area contributed by atoms with Crippen molar-refractivity contribution in [3.8, 4) is 5.69 Å². The molecule has 0 fully saturated rings. The second kappa shape index (κ2) is 10.8. The van der Waals surface area contributed by atoms with Crippen molar-refractivity contribution in [1.82, 2.24) is 14.5 Å². The van der Waals surface area contributed by atoms with Crippen LogP contribution >= 0.6 is 0 Å². The van der Waals surface area contributed by atoms with E-state index in [1.54, 1.807) is 28.7 Å². The molecule has 3 aromatic carbocycles. The number of methoxy groups -OCH3 is 1. The lowest BCUT2D eigenvalue weighted by molar-refractivity contribution is 0.0657. The summed E-state index contributed by atoms with van der Waals surface area (Å²) < 4.78 is 20.4. The molecule has 0 N–H and O–H groups in total. The van der Waals surface area contributed by atoms with E-state index in [-0.39, 0.29) is 11.5 Å². The lowest BCUT2D eigenvalue weighted by Crippen LogP contribution is -2.38. The van der Waals surface area contributed by atoms with Gasteiger partial charge in [-0.25, -0.2) is 9.37 Å². The van der Waals surface area contributed by atoms with E-state index in [0.29, 0.717) is 41.9 Å². The molecule has 0 aliphatic rings. The maximum absolute atomic E-state index is 13.8. The number of fused-ring (bicyclic) bond motifs is 1. The average molecular weight is 488 g/mol. The summed E-state index contributed by atoms with van der Waals surface area (Å²) in [5.74, 6) is -0.225. The summed E-state index contributed by atoms with van der Waals surface area (Å²) in [6, 6.07) is 18.0. The Labute approximate surface area is 210 Å². The second-order valence-electron chi connectivity index (χ2n) is 8.95. The van der Waals surface area contributed by atoms with Gasteiger partial charge in [-0.05, 0) is 75.2 Å². The minimum absolute atomic E-state index is 0.194. The molecule has 6 nitrogen and oxygen atoms in total. The summed E-state index contributed by atoms with van der Waals surface area (Å²) in [7, 11) is 1.61. The van der Waals surface area contributed by atoms with Gasteiger partial charge >= 0.3 is 0 Å². The molecular weight excluding hydrogens is 457 g/mol. The summed E-state index contributed by atoms with van der Waals surface area (Å²) >= 11 is 0. The Morgan fingerprint density at radius 2 is 1.81 bits per heavy atom. The van der Waals surface area contributed by atoms with Crippen molar-refractivity contribution in [3.05, 3.63) is 105 Å². The third-order valence-electron chi connectivity index (χ3n) is 6.34. The van der Waals surface area contributed by atoms with Gasteiger partial charge in [0.2, 0.25) is 0 Å². The molecule has 1 unspecified atom stereocenters. The van der Waals surface area contributed by atoms with Gasteiger partial charge in [0, 0.05) is 25.8 Å². The highest BCUT2D eigenvalue weighted by atomic mass is 19.1. The first kappa shape index (κ1) is 25.3. The molecule has 1 heterocycles. The van der Waals surface area contributed by atoms with Crippen molar-refractivity contribution in [2.45, 2.75) is 33.2 Å². The van der Waals surface area contributed by atoms with Crippen molar-refractivity contribution in [2.24, 2.45) is 0 Å². The van der Waals surface area contributed by atoms with Gasteiger partial charge in [-0.1, -0.05) is 29.8 Å². The number of carbonyl (C=O) groups excluding carboxylic acids is 1. The van der Waals surface area contributed by atoms with E-state index in [1.165, 1.54) is 24.3 Å². The van der Waals surface area contributed by atoms with Gasteiger partial charge in [-0.2, -0.15) is 0 Å². The number of aromatic nitrogens is 2. The molecule has 4 aromatic rings. The summed E-state index contributed by atoms with van der Waals surface area (Å²) in [5.41, 5.74) is 3.47. The molecule has 0 spiro atoms. The Hall–Kier alpha value is -3.84. The zero-order valence-corrected chi connectivity index (χ0v) is 21.0. The zero-order valence-electron chi connectivity index (χ0n) is 21.0. The quantitative estimate of drug-likeness (QED) is 0.313. The van der Waals surface area contributed by atoms with E-state index in [9.17, 15) is 14.0 Å². The van der Waals surface area contributed by atoms with E-state index in [2.05, 4.69) is 0 Å². The van der Waals surface area contributed by atoms with Gasteiger partial charge in [0.15, 0.2) is 0 Å². The van der Waals surface area contributed by atoms with Crippen molar-refractivity contribution in [2.75, 3.05) is 20.3 Å². The van der Waals surface area contributed by atoms with Crippen LogP contribution in [0.2, 0.25) is 0 Å². The van der Waals surface area contributed by atoms with Crippen molar-refractivity contribution in [1.29, 1.82) is 0 Å². The van der Waals surface area contributed by atoms with Crippen molar-refractivity contribution < 1.29 is 13.9 Å². The van der Waals surface area contributed by atoms with Crippen LogP contribution in [0.25, 0.3) is 16.6 Å². The first-order valence-corrected chi connectivity index (χ1v) is 12.0. The highest BCUT2D eigenvalue weighted by molar-refractivity contribution is 5.94. The van der Waals surface area contributed by atoms with E-state index in [4.69, 9.17) is 9.72 Å². The average Bonchev–Trinajstić information content (AvgIpc) is 2.87. The highest BCUT2D eigenvalue weighted by Gasteiger charge is 2.28. The Morgan fingerprint density at radius 3 is 2.50 bits per heavy atom. The molecule has 7 heteroatoms. The van der Waals surface area contributed by atoms with Gasteiger partial charge in [0.05, 0.1) is 22.6 Å². The minimum Gasteiger partial charge on any atom is -0.385 e. The van der Waals surface area contributed by atoms with Crippen LogP contribution < -0.4 is 5.56 Å². The van der Waals surface area contributed by atoms with Crippen LogP contribution in [0.4, 0.5) is 4.39 Å². The fraction of sp³-hybridized carbons (Fsp3) is 0.276. The number of hydrogen-bond donors (Lipinski definition) is 0. The minimum atomic E-state index is -0.558. The Bertz CT molecular complexity index is 1450. The number of ether oxygens (including phenoxy) is 1. The molecule has 0 aliphatic heterocycles. The maximum Gasteiger partial charge on any atom is 0.266 e. The molecule has 0 saturated heterocycles. The van der Waals surface area contributed by atoms with Crippen LogP contribution in [0.3, 0.4) is 0 Å². The highest BCUT2D eigenvalue weighted by Crippen LogP contribution is 2.26.